The molecule has 0 amide bonds. The second-order valence-electron chi connectivity index (χ2n) is 4.89. The zero-order chi connectivity index (χ0) is 16.3. The average molecular weight is 355 g/mol. The van der Waals surface area contributed by atoms with Crippen LogP contribution in [-0.4, -0.2) is 46.5 Å². The van der Waals surface area contributed by atoms with Gasteiger partial charge in [0.05, 0.1) is 6.26 Å². The second-order valence-corrected chi connectivity index (χ2v) is 10.1. The lowest BCUT2D eigenvalue weighted by Crippen LogP contribution is -2.42. The molecule has 0 aliphatic carbocycles. The van der Waals surface area contributed by atoms with Gasteiger partial charge < -0.3 is 0 Å². The molecule has 1 N–H and O–H groups in total. The van der Waals surface area contributed by atoms with Crippen molar-refractivity contribution in [2.75, 3.05) is 19.3 Å². The van der Waals surface area contributed by atoms with Crippen molar-refractivity contribution in [1.29, 1.82) is 0 Å². The molecule has 0 bridgehead atoms. The third kappa shape index (κ3) is 5.33. The Balaban J connectivity index is 2.70. The predicted octanol–water partition coefficient (Wildman–Crippen LogP) is 1.39. The molecule has 1 atom stereocenters. The van der Waals surface area contributed by atoms with Crippen LogP contribution in [0.3, 0.4) is 0 Å². The Morgan fingerprint density at radius 3 is 2.33 bits per heavy atom. The molecule has 0 spiro atoms. The smallest absolute Gasteiger partial charge is 0.212 e. The van der Waals surface area contributed by atoms with Gasteiger partial charge in [-0.05, 0) is 32.4 Å². The predicted molar refractivity (Wildman–Crippen MR) is 85.5 cm³/mol. The average Bonchev–Trinajstić information content (AvgIpc) is 2.80. The molecule has 9 heteroatoms. The minimum atomic E-state index is -3.57. The van der Waals surface area contributed by atoms with Crippen LogP contribution in [0.25, 0.3) is 0 Å². The highest BCUT2D eigenvalue weighted by Crippen LogP contribution is 2.20. The van der Waals surface area contributed by atoms with Crippen LogP contribution in [0.4, 0.5) is 0 Å². The van der Waals surface area contributed by atoms with Crippen LogP contribution in [0.2, 0.25) is 0 Å². The van der Waals surface area contributed by atoms with Crippen LogP contribution < -0.4 is 4.72 Å². The highest BCUT2D eigenvalue weighted by atomic mass is 32.2. The molecule has 1 aromatic rings. The molecule has 6 nitrogen and oxygen atoms in total. The van der Waals surface area contributed by atoms with Crippen molar-refractivity contribution in [3.8, 4) is 0 Å². The Bertz CT molecular complexity index is 664. The summed E-state index contributed by atoms with van der Waals surface area (Å²) in [4.78, 5) is 0.910. The van der Waals surface area contributed by atoms with E-state index in [0.717, 1.165) is 11.1 Å². The van der Waals surface area contributed by atoms with Crippen LogP contribution in [-0.2, 0) is 20.0 Å². The summed E-state index contributed by atoms with van der Waals surface area (Å²) >= 11 is 1.19. The lowest BCUT2D eigenvalue weighted by atomic mass is 10.2. The number of sulfonamides is 2. The fourth-order valence-corrected chi connectivity index (χ4v) is 5.41. The van der Waals surface area contributed by atoms with Gasteiger partial charge in [0.1, 0.15) is 4.21 Å². The normalized spacial score (nSPS) is 14.5. The van der Waals surface area contributed by atoms with Crippen LogP contribution in [0.5, 0.6) is 0 Å². The Morgan fingerprint density at radius 1 is 1.29 bits per heavy atom. The molecule has 0 saturated heterocycles. The van der Waals surface area contributed by atoms with E-state index in [4.69, 9.17) is 0 Å². The SMILES string of the molecule is CCC(C)N(CCNS(=O)(=O)c1ccc(C)s1)S(C)(=O)=O. The molecule has 0 radical (unpaired) electrons. The van der Waals surface area contributed by atoms with Crippen molar-refractivity contribution >= 4 is 31.4 Å². The molecule has 0 saturated carbocycles. The van der Waals surface area contributed by atoms with Crippen molar-refractivity contribution in [3.63, 3.8) is 0 Å². The summed E-state index contributed by atoms with van der Waals surface area (Å²) in [6.45, 7) is 5.70. The fraction of sp³-hybridized carbons (Fsp3) is 0.667. The monoisotopic (exact) mass is 354 g/mol. The maximum Gasteiger partial charge on any atom is 0.250 e. The molecule has 0 fully saturated rings. The van der Waals surface area contributed by atoms with Gasteiger partial charge in [0, 0.05) is 24.0 Å². The van der Waals surface area contributed by atoms with Gasteiger partial charge in [0.2, 0.25) is 20.0 Å². The zero-order valence-corrected chi connectivity index (χ0v) is 15.1. The molecule has 1 heterocycles. The maximum atomic E-state index is 12.0. The second kappa shape index (κ2) is 7.19. The van der Waals surface area contributed by atoms with E-state index in [1.54, 1.807) is 19.1 Å². The zero-order valence-electron chi connectivity index (χ0n) is 12.7. The topological polar surface area (TPSA) is 83.6 Å². The number of hydrogen-bond donors (Lipinski definition) is 1. The Morgan fingerprint density at radius 2 is 1.90 bits per heavy atom. The lowest BCUT2D eigenvalue weighted by Gasteiger charge is -2.25. The Labute approximate surface area is 131 Å². The standard InChI is InChI=1S/C12H22N2O4S3/c1-5-10(2)14(20(4,15)16)9-8-13-21(17,18)12-7-6-11(3)19-12/h6-7,10,13H,5,8-9H2,1-4H3. The summed E-state index contributed by atoms with van der Waals surface area (Å²) in [6, 6.07) is 3.13. The minimum absolute atomic E-state index is 0.0523. The van der Waals surface area contributed by atoms with E-state index in [1.165, 1.54) is 15.6 Å². The molecule has 0 aromatic carbocycles. The minimum Gasteiger partial charge on any atom is -0.212 e. The van der Waals surface area contributed by atoms with Gasteiger partial charge in [0.15, 0.2) is 0 Å². The van der Waals surface area contributed by atoms with Crippen LogP contribution in [0.1, 0.15) is 25.1 Å². The van der Waals surface area contributed by atoms with Crippen molar-refractivity contribution in [2.45, 2.75) is 37.4 Å². The van der Waals surface area contributed by atoms with Gasteiger partial charge in [-0.2, -0.15) is 4.31 Å². The van der Waals surface area contributed by atoms with Crippen molar-refractivity contribution in [3.05, 3.63) is 17.0 Å². The first-order valence-corrected chi connectivity index (χ1v) is 10.8. The van der Waals surface area contributed by atoms with E-state index in [2.05, 4.69) is 4.72 Å². The van der Waals surface area contributed by atoms with Gasteiger partial charge in [-0.25, -0.2) is 21.6 Å². The number of hydrogen-bond acceptors (Lipinski definition) is 5. The van der Waals surface area contributed by atoms with Crippen LogP contribution >= 0.6 is 11.3 Å². The highest BCUT2D eigenvalue weighted by Gasteiger charge is 2.23. The fourth-order valence-electron chi connectivity index (χ4n) is 1.83. The maximum absolute atomic E-state index is 12.0. The van der Waals surface area contributed by atoms with Crippen LogP contribution in [0, 0.1) is 6.92 Å². The number of rotatable bonds is 8. The first kappa shape index (κ1) is 18.6. The van der Waals surface area contributed by atoms with E-state index < -0.39 is 20.0 Å². The molecule has 1 unspecified atom stereocenters. The van der Waals surface area contributed by atoms with Gasteiger partial charge in [0.25, 0.3) is 0 Å². The summed E-state index contributed by atoms with van der Waals surface area (Å²) < 4.78 is 51.5. The summed E-state index contributed by atoms with van der Waals surface area (Å²) in [6.07, 6.45) is 1.81. The molecule has 1 rings (SSSR count). The summed E-state index contributed by atoms with van der Waals surface area (Å²) in [5.74, 6) is 0. The van der Waals surface area contributed by atoms with E-state index in [0.29, 0.717) is 6.42 Å². The molecule has 0 aliphatic heterocycles. The number of nitrogens with one attached hydrogen (secondary N) is 1. The first-order valence-electron chi connectivity index (χ1n) is 6.61. The number of aryl methyl sites for hydroxylation is 1. The third-order valence-electron chi connectivity index (χ3n) is 3.11. The van der Waals surface area contributed by atoms with Crippen molar-refractivity contribution in [2.24, 2.45) is 0 Å². The molecule has 122 valence electrons. The first-order chi connectivity index (χ1) is 9.58. The van der Waals surface area contributed by atoms with E-state index in [-0.39, 0.29) is 23.3 Å². The van der Waals surface area contributed by atoms with Crippen LogP contribution in [0.15, 0.2) is 16.3 Å². The Hall–Kier alpha value is -0.480. The quantitative estimate of drug-likeness (QED) is 0.765. The van der Waals surface area contributed by atoms with Gasteiger partial charge >= 0.3 is 0 Å². The molecule has 1 aromatic heterocycles. The van der Waals surface area contributed by atoms with Gasteiger partial charge in [-0.3, -0.25) is 0 Å². The summed E-state index contributed by atoms with van der Waals surface area (Å²) in [7, 11) is -6.92. The van der Waals surface area contributed by atoms with E-state index in [9.17, 15) is 16.8 Å². The van der Waals surface area contributed by atoms with E-state index in [1.807, 2.05) is 13.8 Å². The van der Waals surface area contributed by atoms with Gasteiger partial charge in [-0.1, -0.05) is 6.92 Å². The molecule has 0 aliphatic rings. The Kier molecular flexibility index (Phi) is 6.36. The molecular formula is C12H22N2O4S3. The van der Waals surface area contributed by atoms with Crippen molar-refractivity contribution < 1.29 is 16.8 Å². The lowest BCUT2D eigenvalue weighted by molar-refractivity contribution is 0.335. The third-order valence-corrected chi connectivity index (χ3v) is 7.46. The summed E-state index contributed by atoms with van der Waals surface area (Å²) in [5, 5.41) is 0. The highest BCUT2D eigenvalue weighted by molar-refractivity contribution is 7.91. The number of thiophene rings is 1. The van der Waals surface area contributed by atoms with Crippen molar-refractivity contribution in [1.82, 2.24) is 9.03 Å². The summed E-state index contributed by atoms with van der Waals surface area (Å²) in [5.41, 5.74) is 0. The molecule has 21 heavy (non-hydrogen) atoms. The van der Waals surface area contributed by atoms with E-state index >= 15 is 0 Å². The largest absolute Gasteiger partial charge is 0.250 e. The number of nitrogens with zero attached hydrogens (tertiary/aromatic N) is 1. The molecular weight excluding hydrogens is 332 g/mol. The van der Waals surface area contributed by atoms with Gasteiger partial charge in [-0.15, -0.1) is 11.3 Å².